The number of rotatable bonds is 6. The SMILES string of the molecule is CCCOc1ccc(CN2C(=O)c3ccc4c5c(ccc(c35)C2=O)CC4)cc1OC. The topological polar surface area (TPSA) is 55.8 Å². The van der Waals surface area contributed by atoms with Gasteiger partial charge in [0.05, 0.1) is 20.3 Å². The van der Waals surface area contributed by atoms with E-state index in [1.54, 1.807) is 7.11 Å². The Bertz CT molecular complexity index is 1140. The molecule has 0 aromatic heterocycles. The Kier molecular flexibility index (Phi) is 4.46. The van der Waals surface area contributed by atoms with Crippen LogP contribution in [0.1, 0.15) is 50.8 Å². The molecule has 0 N–H and O–H groups in total. The zero-order valence-electron chi connectivity index (χ0n) is 17.2. The molecule has 1 aliphatic carbocycles. The third-order valence-electron chi connectivity index (χ3n) is 5.98. The predicted octanol–water partition coefficient (Wildman–Crippen LogP) is 4.53. The Balaban J connectivity index is 1.51. The van der Waals surface area contributed by atoms with Gasteiger partial charge in [-0.15, -0.1) is 0 Å². The van der Waals surface area contributed by atoms with Crippen LogP contribution >= 0.6 is 0 Å². The van der Waals surface area contributed by atoms with Gasteiger partial charge in [0.25, 0.3) is 11.8 Å². The van der Waals surface area contributed by atoms with Gasteiger partial charge in [0.15, 0.2) is 11.5 Å². The van der Waals surface area contributed by atoms with Crippen LogP contribution in [0.15, 0.2) is 42.5 Å². The highest BCUT2D eigenvalue weighted by Crippen LogP contribution is 2.39. The fourth-order valence-electron chi connectivity index (χ4n) is 4.54. The molecule has 2 aliphatic rings. The normalized spacial score (nSPS) is 14.5. The third-order valence-corrected chi connectivity index (χ3v) is 5.98. The summed E-state index contributed by atoms with van der Waals surface area (Å²) < 4.78 is 11.2. The summed E-state index contributed by atoms with van der Waals surface area (Å²) in [6, 6.07) is 13.4. The fourth-order valence-corrected chi connectivity index (χ4v) is 4.54. The molecule has 0 radical (unpaired) electrons. The number of aryl methyl sites for hydroxylation is 2. The standard InChI is InChI=1S/C25H23NO4/c1-3-12-30-20-11-4-15(13-21(20)29-2)14-26-24(27)18-9-7-16-5-6-17-8-10-19(25(26)28)23(18)22(16)17/h4,7-11,13H,3,5-6,12,14H2,1-2H3. The van der Waals surface area contributed by atoms with Gasteiger partial charge in [-0.2, -0.15) is 0 Å². The van der Waals surface area contributed by atoms with Gasteiger partial charge >= 0.3 is 0 Å². The second kappa shape index (κ2) is 7.17. The van der Waals surface area contributed by atoms with E-state index in [0.717, 1.165) is 35.6 Å². The average Bonchev–Trinajstić information content (AvgIpc) is 3.20. The van der Waals surface area contributed by atoms with Crippen LogP contribution in [0.5, 0.6) is 11.5 Å². The van der Waals surface area contributed by atoms with E-state index < -0.39 is 0 Å². The molecule has 1 heterocycles. The lowest BCUT2D eigenvalue weighted by molar-refractivity contribution is 0.0598. The minimum Gasteiger partial charge on any atom is -0.493 e. The van der Waals surface area contributed by atoms with Crippen molar-refractivity contribution in [3.8, 4) is 11.5 Å². The number of hydrogen-bond acceptors (Lipinski definition) is 4. The third kappa shape index (κ3) is 2.76. The molecule has 3 aromatic rings. The summed E-state index contributed by atoms with van der Waals surface area (Å²) in [7, 11) is 1.59. The van der Waals surface area contributed by atoms with Crippen LogP contribution in [-0.2, 0) is 19.4 Å². The van der Waals surface area contributed by atoms with Crippen LogP contribution in [-0.4, -0.2) is 30.4 Å². The zero-order valence-corrected chi connectivity index (χ0v) is 17.2. The molecular formula is C25H23NO4. The number of ether oxygens (including phenoxy) is 2. The van der Waals surface area contributed by atoms with Crippen molar-refractivity contribution in [3.05, 3.63) is 70.3 Å². The molecule has 30 heavy (non-hydrogen) atoms. The molecule has 1 aliphatic heterocycles. The summed E-state index contributed by atoms with van der Waals surface area (Å²) in [5.74, 6) is 0.773. The number of carbonyl (C=O) groups is 2. The smallest absolute Gasteiger partial charge is 0.261 e. The number of hydrogen-bond donors (Lipinski definition) is 0. The predicted molar refractivity (Wildman–Crippen MR) is 114 cm³/mol. The maximum absolute atomic E-state index is 13.3. The molecule has 0 bridgehead atoms. The Morgan fingerprint density at radius 2 is 1.53 bits per heavy atom. The summed E-state index contributed by atoms with van der Waals surface area (Å²) in [4.78, 5) is 27.9. The van der Waals surface area contributed by atoms with E-state index in [2.05, 4.69) is 0 Å². The maximum Gasteiger partial charge on any atom is 0.261 e. The summed E-state index contributed by atoms with van der Waals surface area (Å²) in [5, 5.41) is 1.93. The van der Waals surface area contributed by atoms with Gasteiger partial charge in [0.2, 0.25) is 0 Å². The monoisotopic (exact) mass is 401 g/mol. The molecular weight excluding hydrogens is 378 g/mol. The Labute approximate surface area is 175 Å². The van der Waals surface area contributed by atoms with Crippen LogP contribution in [0.2, 0.25) is 0 Å². The molecule has 0 atom stereocenters. The maximum atomic E-state index is 13.3. The second-order valence-electron chi connectivity index (χ2n) is 7.82. The van der Waals surface area contributed by atoms with Crippen LogP contribution in [0, 0.1) is 0 Å². The van der Waals surface area contributed by atoms with E-state index in [4.69, 9.17) is 9.47 Å². The molecule has 0 saturated carbocycles. The Morgan fingerprint density at radius 1 is 0.867 bits per heavy atom. The van der Waals surface area contributed by atoms with E-state index in [9.17, 15) is 9.59 Å². The highest BCUT2D eigenvalue weighted by molar-refractivity contribution is 6.26. The van der Waals surface area contributed by atoms with Gasteiger partial charge < -0.3 is 9.47 Å². The average molecular weight is 401 g/mol. The number of methoxy groups -OCH3 is 1. The lowest BCUT2D eigenvalue weighted by atomic mass is 9.91. The highest BCUT2D eigenvalue weighted by Gasteiger charge is 2.35. The van der Waals surface area contributed by atoms with Gasteiger partial charge in [0.1, 0.15) is 0 Å². The van der Waals surface area contributed by atoms with Gasteiger partial charge in [-0.3, -0.25) is 14.5 Å². The summed E-state index contributed by atoms with van der Waals surface area (Å²) in [6.07, 6.45) is 2.83. The van der Waals surface area contributed by atoms with E-state index in [0.29, 0.717) is 29.2 Å². The van der Waals surface area contributed by atoms with E-state index in [1.165, 1.54) is 16.0 Å². The van der Waals surface area contributed by atoms with Crippen molar-refractivity contribution in [1.29, 1.82) is 0 Å². The van der Waals surface area contributed by atoms with Crippen molar-refractivity contribution < 1.29 is 19.1 Å². The first kappa shape index (κ1) is 18.7. The van der Waals surface area contributed by atoms with Crippen molar-refractivity contribution in [2.24, 2.45) is 0 Å². The first-order valence-electron chi connectivity index (χ1n) is 10.4. The molecule has 0 unspecified atom stereocenters. The van der Waals surface area contributed by atoms with Crippen molar-refractivity contribution in [3.63, 3.8) is 0 Å². The second-order valence-corrected chi connectivity index (χ2v) is 7.82. The lowest BCUT2D eigenvalue weighted by Crippen LogP contribution is -2.39. The van der Waals surface area contributed by atoms with Crippen LogP contribution < -0.4 is 9.47 Å². The molecule has 152 valence electrons. The largest absolute Gasteiger partial charge is 0.493 e. The van der Waals surface area contributed by atoms with E-state index >= 15 is 0 Å². The molecule has 0 saturated heterocycles. The van der Waals surface area contributed by atoms with Crippen LogP contribution in [0.3, 0.4) is 0 Å². The minimum atomic E-state index is -0.242. The number of carbonyl (C=O) groups excluding carboxylic acids is 2. The highest BCUT2D eigenvalue weighted by atomic mass is 16.5. The minimum absolute atomic E-state index is 0.187. The van der Waals surface area contributed by atoms with Gasteiger partial charge in [-0.05, 0) is 65.6 Å². The lowest BCUT2D eigenvalue weighted by Gasteiger charge is -2.28. The fraction of sp³-hybridized carbons (Fsp3) is 0.280. The van der Waals surface area contributed by atoms with Crippen LogP contribution in [0.4, 0.5) is 0 Å². The van der Waals surface area contributed by atoms with Crippen molar-refractivity contribution in [1.82, 2.24) is 4.90 Å². The zero-order chi connectivity index (χ0) is 20.8. The first-order chi connectivity index (χ1) is 14.6. The van der Waals surface area contributed by atoms with Crippen molar-refractivity contribution >= 4 is 22.6 Å². The van der Waals surface area contributed by atoms with Crippen molar-refractivity contribution in [2.75, 3.05) is 13.7 Å². The molecule has 5 heteroatoms. The summed E-state index contributed by atoms with van der Waals surface area (Å²) in [6.45, 7) is 2.83. The summed E-state index contributed by atoms with van der Waals surface area (Å²) in [5.41, 5.74) is 4.50. The number of imide groups is 1. The Morgan fingerprint density at radius 3 is 2.13 bits per heavy atom. The van der Waals surface area contributed by atoms with E-state index in [1.807, 2.05) is 49.4 Å². The number of nitrogens with zero attached hydrogens (tertiary/aromatic N) is 1. The van der Waals surface area contributed by atoms with E-state index in [-0.39, 0.29) is 18.4 Å². The Hall–Kier alpha value is -3.34. The molecule has 0 fully saturated rings. The van der Waals surface area contributed by atoms with Gasteiger partial charge in [-0.1, -0.05) is 25.1 Å². The summed E-state index contributed by atoms with van der Waals surface area (Å²) >= 11 is 0. The van der Waals surface area contributed by atoms with Gasteiger partial charge in [-0.25, -0.2) is 0 Å². The molecule has 5 rings (SSSR count). The molecule has 3 aromatic carbocycles. The first-order valence-corrected chi connectivity index (χ1v) is 10.4. The number of benzene rings is 3. The molecule has 5 nitrogen and oxygen atoms in total. The van der Waals surface area contributed by atoms with Crippen LogP contribution in [0.25, 0.3) is 10.8 Å². The van der Waals surface area contributed by atoms with Crippen molar-refractivity contribution in [2.45, 2.75) is 32.7 Å². The molecule has 0 spiro atoms. The quantitative estimate of drug-likeness (QED) is 0.570. The van der Waals surface area contributed by atoms with Gasteiger partial charge in [0, 0.05) is 16.5 Å². The molecule has 2 amide bonds. The number of amides is 2.